The minimum Gasteiger partial charge on any atom is -0.356 e. The molecule has 0 saturated heterocycles. The molecule has 2 aromatic rings. The topological polar surface area (TPSA) is 70.6 Å². The molecule has 2 aromatic carbocycles. The van der Waals surface area contributed by atoms with Gasteiger partial charge in [0.15, 0.2) is 15.8 Å². The van der Waals surface area contributed by atoms with Crippen LogP contribution < -0.4 is 10.6 Å². The monoisotopic (exact) mass is 363 g/mol. The van der Waals surface area contributed by atoms with Gasteiger partial charge in [0.25, 0.3) is 0 Å². The zero-order valence-corrected chi connectivity index (χ0v) is 15.1. The Balaban J connectivity index is 1.81. The quantitative estimate of drug-likeness (QED) is 0.609. The van der Waals surface area contributed by atoms with E-state index in [1.165, 1.54) is 18.4 Å². The van der Waals surface area contributed by atoms with E-state index in [-0.39, 0.29) is 5.82 Å². The molecule has 7 heteroatoms. The highest BCUT2D eigenvalue weighted by molar-refractivity contribution is 7.90. The fourth-order valence-electron chi connectivity index (χ4n) is 2.28. The highest BCUT2D eigenvalue weighted by Gasteiger charge is 2.06. The van der Waals surface area contributed by atoms with E-state index in [2.05, 4.69) is 15.6 Å². The van der Waals surface area contributed by atoms with Crippen molar-refractivity contribution in [3.8, 4) is 0 Å². The number of nitrogens with zero attached hydrogens (tertiary/aromatic N) is 1. The maximum Gasteiger partial charge on any atom is 0.191 e. The van der Waals surface area contributed by atoms with Crippen molar-refractivity contribution in [2.75, 3.05) is 19.8 Å². The number of guanidine groups is 1. The lowest BCUT2D eigenvalue weighted by Crippen LogP contribution is -2.37. The van der Waals surface area contributed by atoms with Crippen LogP contribution in [0.5, 0.6) is 0 Å². The van der Waals surface area contributed by atoms with Gasteiger partial charge in [-0.25, -0.2) is 12.8 Å². The van der Waals surface area contributed by atoms with E-state index in [0.717, 1.165) is 17.5 Å². The van der Waals surface area contributed by atoms with Crippen LogP contribution in [0, 0.1) is 5.82 Å². The van der Waals surface area contributed by atoms with Gasteiger partial charge in [0.1, 0.15) is 5.82 Å². The Morgan fingerprint density at radius 3 is 2.40 bits per heavy atom. The smallest absolute Gasteiger partial charge is 0.191 e. The maximum absolute atomic E-state index is 13.2. The number of rotatable bonds is 6. The molecule has 0 atom stereocenters. The highest BCUT2D eigenvalue weighted by atomic mass is 32.2. The van der Waals surface area contributed by atoms with Crippen molar-refractivity contribution >= 4 is 15.8 Å². The molecule has 0 aromatic heterocycles. The van der Waals surface area contributed by atoms with Crippen molar-refractivity contribution in [3.63, 3.8) is 0 Å². The summed E-state index contributed by atoms with van der Waals surface area (Å²) < 4.78 is 36.0. The van der Waals surface area contributed by atoms with Crippen molar-refractivity contribution in [3.05, 3.63) is 65.5 Å². The number of sulfone groups is 1. The Morgan fingerprint density at radius 1 is 1.08 bits per heavy atom. The molecule has 0 amide bonds. The van der Waals surface area contributed by atoms with Crippen LogP contribution in [0.4, 0.5) is 4.39 Å². The summed E-state index contributed by atoms with van der Waals surface area (Å²) in [6.45, 7) is 1.11. The van der Waals surface area contributed by atoms with Crippen LogP contribution in [0.2, 0.25) is 0 Å². The Hall–Kier alpha value is -2.41. The molecule has 0 unspecified atom stereocenters. The molecule has 25 heavy (non-hydrogen) atoms. The largest absolute Gasteiger partial charge is 0.356 e. The van der Waals surface area contributed by atoms with E-state index in [1.54, 1.807) is 37.4 Å². The number of aliphatic imine (C=N–C) groups is 1. The highest BCUT2D eigenvalue weighted by Crippen LogP contribution is 2.10. The van der Waals surface area contributed by atoms with Gasteiger partial charge in [-0.1, -0.05) is 24.3 Å². The van der Waals surface area contributed by atoms with Gasteiger partial charge in [-0.05, 0) is 41.8 Å². The van der Waals surface area contributed by atoms with Crippen LogP contribution in [0.3, 0.4) is 0 Å². The molecule has 0 aliphatic heterocycles. The minimum absolute atomic E-state index is 0.264. The second-order valence-electron chi connectivity index (χ2n) is 5.65. The fraction of sp³-hybridized carbons (Fsp3) is 0.278. The van der Waals surface area contributed by atoms with Crippen molar-refractivity contribution < 1.29 is 12.8 Å². The first-order valence-corrected chi connectivity index (χ1v) is 9.75. The first-order chi connectivity index (χ1) is 11.9. The van der Waals surface area contributed by atoms with Crippen LogP contribution in [-0.4, -0.2) is 34.2 Å². The van der Waals surface area contributed by atoms with Gasteiger partial charge in [-0.3, -0.25) is 4.99 Å². The molecule has 0 heterocycles. The van der Waals surface area contributed by atoms with E-state index in [1.807, 2.05) is 6.07 Å². The Bertz CT molecular complexity index is 834. The lowest BCUT2D eigenvalue weighted by Gasteiger charge is -2.12. The third-order valence-electron chi connectivity index (χ3n) is 3.63. The Labute approximate surface area is 147 Å². The molecule has 2 N–H and O–H groups in total. The fourth-order valence-corrected chi connectivity index (χ4v) is 2.91. The normalized spacial score (nSPS) is 12.0. The average Bonchev–Trinajstić information content (AvgIpc) is 2.57. The SMILES string of the molecule is CN=C(NCCc1ccc(S(C)(=O)=O)cc1)NCc1cccc(F)c1. The third-order valence-corrected chi connectivity index (χ3v) is 4.76. The lowest BCUT2D eigenvalue weighted by molar-refractivity contribution is 0.602. The number of halogens is 1. The predicted octanol–water partition coefficient (Wildman–Crippen LogP) is 2.14. The minimum atomic E-state index is -3.17. The molecule has 0 fully saturated rings. The van der Waals surface area contributed by atoms with Crippen molar-refractivity contribution in [2.24, 2.45) is 4.99 Å². The van der Waals surface area contributed by atoms with E-state index < -0.39 is 9.84 Å². The van der Waals surface area contributed by atoms with E-state index >= 15 is 0 Å². The number of benzene rings is 2. The molecule has 0 spiro atoms. The van der Waals surface area contributed by atoms with Crippen LogP contribution in [0.15, 0.2) is 58.4 Å². The standard InChI is InChI=1S/C18H22FN3O2S/c1-20-18(22-13-15-4-3-5-16(19)12-15)21-11-10-14-6-8-17(9-7-14)25(2,23)24/h3-9,12H,10-11,13H2,1-2H3,(H2,20,21,22). The summed E-state index contributed by atoms with van der Waals surface area (Å²) in [5.74, 6) is 0.358. The van der Waals surface area contributed by atoms with Crippen LogP contribution >= 0.6 is 0 Å². The summed E-state index contributed by atoms with van der Waals surface area (Å²) in [6, 6.07) is 13.2. The summed E-state index contributed by atoms with van der Waals surface area (Å²) >= 11 is 0. The number of nitrogens with one attached hydrogen (secondary N) is 2. The summed E-state index contributed by atoms with van der Waals surface area (Å²) in [5, 5.41) is 6.30. The molecule has 0 aliphatic rings. The van der Waals surface area contributed by atoms with E-state index in [9.17, 15) is 12.8 Å². The summed E-state index contributed by atoms with van der Waals surface area (Å²) in [4.78, 5) is 4.44. The Morgan fingerprint density at radius 2 is 1.80 bits per heavy atom. The molecule has 0 aliphatic carbocycles. The zero-order chi connectivity index (χ0) is 18.3. The second-order valence-corrected chi connectivity index (χ2v) is 7.66. The van der Waals surface area contributed by atoms with Gasteiger partial charge < -0.3 is 10.6 Å². The van der Waals surface area contributed by atoms with Gasteiger partial charge in [-0.2, -0.15) is 0 Å². The van der Waals surface area contributed by atoms with Gasteiger partial charge in [0, 0.05) is 26.4 Å². The third kappa shape index (κ3) is 6.19. The van der Waals surface area contributed by atoms with E-state index in [4.69, 9.17) is 0 Å². The predicted molar refractivity (Wildman–Crippen MR) is 97.9 cm³/mol. The lowest BCUT2D eigenvalue weighted by atomic mass is 10.1. The zero-order valence-electron chi connectivity index (χ0n) is 14.3. The van der Waals surface area contributed by atoms with Gasteiger partial charge in [0.2, 0.25) is 0 Å². The summed E-state index contributed by atoms with van der Waals surface area (Å²) in [6.07, 6.45) is 1.92. The average molecular weight is 363 g/mol. The van der Waals surface area contributed by atoms with Gasteiger partial charge in [0.05, 0.1) is 4.90 Å². The van der Waals surface area contributed by atoms with Gasteiger partial charge in [-0.15, -0.1) is 0 Å². The molecular formula is C18H22FN3O2S. The molecule has 0 bridgehead atoms. The van der Waals surface area contributed by atoms with Crippen LogP contribution in [0.1, 0.15) is 11.1 Å². The van der Waals surface area contributed by atoms with Crippen molar-refractivity contribution in [2.45, 2.75) is 17.9 Å². The Kier molecular flexibility index (Phi) is 6.52. The van der Waals surface area contributed by atoms with E-state index in [0.29, 0.717) is 23.9 Å². The molecule has 0 radical (unpaired) electrons. The summed E-state index contributed by atoms with van der Waals surface area (Å²) in [7, 11) is -1.50. The van der Waals surface area contributed by atoms with Crippen molar-refractivity contribution in [1.29, 1.82) is 0 Å². The molecule has 0 saturated carbocycles. The first kappa shape index (κ1) is 18.9. The molecular weight excluding hydrogens is 341 g/mol. The molecule has 134 valence electrons. The first-order valence-electron chi connectivity index (χ1n) is 7.86. The van der Waals surface area contributed by atoms with Crippen LogP contribution in [0.25, 0.3) is 0 Å². The van der Waals surface area contributed by atoms with Crippen LogP contribution in [-0.2, 0) is 22.8 Å². The summed E-state index contributed by atoms with van der Waals surface area (Å²) in [5.41, 5.74) is 1.86. The maximum atomic E-state index is 13.2. The number of hydrogen-bond acceptors (Lipinski definition) is 3. The number of hydrogen-bond donors (Lipinski definition) is 2. The second kappa shape index (κ2) is 8.62. The van der Waals surface area contributed by atoms with Gasteiger partial charge >= 0.3 is 0 Å². The molecule has 5 nitrogen and oxygen atoms in total. The van der Waals surface area contributed by atoms with Crippen molar-refractivity contribution in [1.82, 2.24) is 10.6 Å². The molecule has 2 rings (SSSR count).